The molecule has 0 spiro atoms. The highest BCUT2D eigenvalue weighted by molar-refractivity contribution is 5.92. The van der Waals surface area contributed by atoms with Crippen molar-refractivity contribution in [2.24, 2.45) is 0 Å². The summed E-state index contributed by atoms with van der Waals surface area (Å²) in [5.74, 6) is 1.35. The van der Waals surface area contributed by atoms with Crippen molar-refractivity contribution in [3.63, 3.8) is 0 Å². The Hall–Kier alpha value is -3.28. The maximum atomic E-state index is 12.5. The lowest BCUT2D eigenvalue weighted by Gasteiger charge is -2.38. The molecule has 0 bridgehead atoms. The van der Waals surface area contributed by atoms with E-state index in [0.29, 0.717) is 6.54 Å². The lowest BCUT2D eigenvalue weighted by atomic mass is 9.69. The van der Waals surface area contributed by atoms with Gasteiger partial charge in [0.2, 0.25) is 18.6 Å². The first kappa shape index (κ1) is 21.0. The van der Waals surface area contributed by atoms with Gasteiger partial charge in [-0.25, -0.2) is 0 Å². The minimum Gasteiger partial charge on any atom is -0.454 e. The van der Waals surface area contributed by atoms with Gasteiger partial charge in [-0.05, 0) is 54.3 Å². The van der Waals surface area contributed by atoms with Crippen LogP contribution >= 0.6 is 0 Å². The zero-order valence-corrected chi connectivity index (χ0v) is 17.8. The molecule has 2 aliphatic rings. The Morgan fingerprint density at radius 2 is 1.74 bits per heavy atom. The Kier molecular flexibility index (Phi) is 6.26. The normalized spacial score (nSPS) is 16.8. The molecule has 1 saturated carbocycles. The Labute approximate surface area is 182 Å². The zero-order valence-electron chi connectivity index (χ0n) is 17.8. The van der Waals surface area contributed by atoms with Gasteiger partial charge in [0.25, 0.3) is 0 Å². The second-order valence-electron chi connectivity index (χ2n) is 8.26. The summed E-state index contributed by atoms with van der Waals surface area (Å²) in [7, 11) is 0. The van der Waals surface area contributed by atoms with Crippen LogP contribution in [0.15, 0.2) is 48.5 Å². The van der Waals surface area contributed by atoms with Crippen LogP contribution in [0.3, 0.4) is 0 Å². The van der Waals surface area contributed by atoms with Crippen LogP contribution in [0.5, 0.6) is 11.5 Å². The Morgan fingerprint density at radius 1 is 1.00 bits per heavy atom. The average molecular weight is 421 g/mol. The maximum absolute atomic E-state index is 12.5. The molecule has 6 nitrogen and oxygen atoms in total. The van der Waals surface area contributed by atoms with E-state index >= 15 is 0 Å². The van der Waals surface area contributed by atoms with Crippen molar-refractivity contribution in [1.82, 2.24) is 5.32 Å². The van der Waals surface area contributed by atoms with Crippen molar-refractivity contribution >= 4 is 23.6 Å². The summed E-state index contributed by atoms with van der Waals surface area (Å²) in [4.78, 5) is 23.6. The molecule has 4 rings (SSSR count). The predicted molar refractivity (Wildman–Crippen MR) is 120 cm³/mol. The summed E-state index contributed by atoms with van der Waals surface area (Å²) in [6.45, 7) is 2.33. The minimum absolute atomic E-state index is 0.0806. The molecular weight excluding hydrogens is 392 g/mol. The third kappa shape index (κ3) is 5.08. The van der Waals surface area contributed by atoms with E-state index in [1.807, 2.05) is 30.3 Å². The lowest BCUT2D eigenvalue weighted by molar-refractivity contribution is -0.117. The summed E-state index contributed by atoms with van der Waals surface area (Å²) in [6, 6.07) is 13.5. The van der Waals surface area contributed by atoms with E-state index in [9.17, 15) is 9.59 Å². The van der Waals surface area contributed by atoms with E-state index in [1.54, 1.807) is 12.2 Å². The van der Waals surface area contributed by atoms with Crippen molar-refractivity contribution in [1.29, 1.82) is 0 Å². The first-order valence-corrected chi connectivity index (χ1v) is 10.8. The fourth-order valence-corrected chi connectivity index (χ4v) is 4.39. The molecule has 162 valence electrons. The van der Waals surface area contributed by atoms with Crippen molar-refractivity contribution < 1.29 is 19.1 Å². The number of ether oxygens (including phenoxy) is 2. The quantitative estimate of drug-likeness (QED) is 0.679. The van der Waals surface area contributed by atoms with Gasteiger partial charge in [0.1, 0.15) is 0 Å². The number of benzene rings is 2. The summed E-state index contributed by atoms with van der Waals surface area (Å²) < 4.78 is 11.0. The Morgan fingerprint density at radius 3 is 2.48 bits per heavy atom. The second-order valence-corrected chi connectivity index (χ2v) is 8.26. The number of carbonyl (C=O) groups excluding carboxylic acids is 2. The molecule has 1 aliphatic carbocycles. The summed E-state index contributed by atoms with van der Waals surface area (Å²) in [5, 5.41) is 5.84. The molecule has 2 aromatic rings. The average Bonchev–Trinajstić information content (AvgIpc) is 3.25. The van der Waals surface area contributed by atoms with E-state index in [4.69, 9.17) is 9.47 Å². The summed E-state index contributed by atoms with van der Waals surface area (Å²) in [6.07, 6.45) is 8.96. The molecule has 0 atom stereocenters. The van der Waals surface area contributed by atoms with E-state index in [-0.39, 0.29) is 24.0 Å². The second kappa shape index (κ2) is 9.25. The molecule has 0 unspecified atom stereocenters. The molecule has 1 heterocycles. The Balaban J connectivity index is 1.41. The van der Waals surface area contributed by atoms with Crippen LogP contribution in [0.25, 0.3) is 6.08 Å². The van der Waals surface area contributed by atoms with Crippen LogP contribution in [-0.2, 0) is 15.0 Å². The highest BCUT2D eigenvalue weighted by Gasteiger charge is 2.35. The highest BCUT2D eigenvalue weighted by atomic mass is 16.7. The van der Waals surface area contributed by atoms with Crippen LogP contribution in [0.4, 0.5) is 5.69 Å². The molecule has 6 heteroatoms. The van der Waals surface area contributed by atoms with Crippen molar-refractivity contribution in [3.05, 3.63) is 59.7 Å². The fourth-order valence-electron chi connectivity index (χ4n) is 4.39. The fraction of sp³-hybridized carbons (Fsp3) is 0.360. The molecular formula is C25H28N2O4. The van der Waals surface area contributed by atoms with Crippen LogP contribution in [0.1, 0.15) is 50.2 Å². The number of carbonyl (C=O) groups is 2. The van der Waals surface area contributed by atoms with E-state index in [1.165, 1.54) is 18.9 Å². The van der Waals surface area contributed by atoms with Crippen LogP contribution < -0.4 is 20.1 Å². The molecule has 0 radical (unpaired) electrons. The number of anilines is 1. The number of nitrogens with one attached hydrogen (secondary N) is 2. The van der Waals surface area contributed by atoms with Gasteiger partial charge in [-0.15, -0.1) is 0 Å². The zero-order chi connectivity index (χ0) is 21.7. The number of hydrogen-bond donors (Lipinski definition) is 2. The molecule has 0 saturated heterocycles. The van der Waals surface area contributed by atoms with Gasteiger partial charge in [-0.1, -0.05) is 37.5 Å². The van der Waals surface area contributed by atoms with Gasteiger partial charge in [-0.2, -0.15) is 0 Å². The molecule has 1 fully saturated rings. The number of hydrogen-bond acceptors (Lipinski definition) is 4. The smallest absolute Gasteiger partial charge is 0.244 e. The predicted octanol–water partition coefficient (Wildman–Crippen LogP) is 4.41. The van der Waals surface area contributed by atoms with Crippen LogP contribution in [-0.4, -0.2) is 25.2 Å². The summed E-state index contributed by atoms with van der Waals surface area (Å²) in [5.41, 5.74) is 2.75. The SMILES string of the molecule is CC(=O)Nc1ccc(/C=C/C(=O)NCC2(c3ccc4c(c3)OCO4)CCCCC2)cc1. The molecule has 2 aromatic carbocycles. The maximum Gasteiger partial charge on any atom is 0.244 e. The highest BCUT2D eigenvalue weighted by Crippen LogP contribution is 2.43. The van der Waals surface area contributed by atoms with Crippen molar-refractivity contribution in [2.45, 2.75) is 44.4 Å². The minimum atomic E-state index is -0.114. The number of fused-ring (bicyclic) bond motifs is 1. The number of amides is 2. The van der Waals surface area contributed by atoms with Gasteiger partial charge in [0.15, 0.2) is 11.5 Å². The monoisotopic (exact) mass is 420 g/mol. The third-order valence-electron chi connectivity index (χ3n) is 6.05. The van der Waals surface area contributed by atoms with E-state index in [2.05, 4.69) is 22.8 Å². The number of rotatable bonds is 6. The van der Waals surface area contributed by atoms with Gasteiger partial charge in [0, 0.05) is 30.6 Å². The molecule has 2 amide bonds. The molecule has 2 N–H and O–H groups in total. The van der Waals surface area contributed by atoms with Crippen molar-refractivity contribution in [2.75, 3.05) is 18.7 Å². The molecule has 0 aromatic heterocycles. The van der Waals surface area contributed by atoms with Crippen LogP contribution in [0.2, 0.25) is 0 Å². The van der Waals surface area contributed by atoms with Gasteiger partial charge in [0.05, 0.1) is 0 Å². The standard InChI is InChI=1S/C25H28N2O4/c1-18(28)27-21-9-5-19(6-10-21)7-12-24(29)26-16-25(13-3-2-4-14-25)20-8-11-22-23(15-20)31-17-30-22/h5-12,15H,2-4,13-14,16-17H2,1H3,(H,26,29)(H,27,28)/b12-7+. The van der Waals surface area contributed by atoms with Gasteiger partial charge in [-0.3, -0.25) is 9.59 Å². The first-order valence-electron chi connectivity index (χ1n) is 10.8. The van der Waals surface area contributed by atoms with E-state index in [0.717, 1.165) is 48.4 Å². The Bertz CT molecular complexity index is 976. The first-order chi connectivity index (χ1) is 15.0. The summed E-state index contributed by atoms with van der Waals surface area (Å²) >= 11 is 0. The lowest BCUT2D eigenvalue weighted by Crippen LogP contribution is -2.41. The topological polar surface area (TPSA) is 76.7 Å². The molecule has 1 aliphatic heterocycles. The van der Waals surface area contributed by atoms with Gasteiger partial charge >= 0.3 is 0 Å². The molecule has 31 heavy (non-hydrogen) atoms. The third-order valence-corrected chi connectivity index (χ3v) is 6.05. The van der Waals surface area contributed by atoms with Crippen LogP contribution in [0, 0.1) is 0 Å². The van der Waals surface area contributed by atoms with Crippen molar-refractivity contribution in [3.8, 4) is 11.5 Å². The largest absolute Gasteiger partial charge is 0.454 e. The van der Waals surface area contributed by atoms with E-state index < -0.39 is 0 Å². The van der Waals surface area contributed by atoms with Gasteiger partial charge < -0.3 is 20.1 Å².